The summed E-state index contributed by atoms with van der Waals surface area (Å²) >= 11 is 0. The zero-order chi connectivity index (χ0) is 20.5. The van der Waals surface area contributed by atoms with Crippen molar-refractivity contribution in [3.63, 3.8) is 0 Å². The van der Waals surface area contributed by atoms with Gasteiger partial charge in [0.05, 0.1) is 17.8 Å². The first-order valence-electron chi connectivity index (χ1n) is 9.68. The average molecular weight is 397 g/mol. The molecule has 0 atom stereocenters. The van der Waals surface area contributed by atoms with E-state index in [1.807, 2.05) is 61.5 Å². The Bertz CT molecular complexity index is 1230. The first-order valence-corrected chi connectivity index (χ1v) is 9.68. The SMILES string of the molecule is Cc1onc(-c2ccccc2)c1CNc1ncc2c(n1)-c1ccccc1NC(=O)C2. The van der Waals surface area contributed by atoms with Crippen molar-refractivity contribution < 1.29 is 9.32 Å². The second-order valence-electron chi connectivity index (χ2n) is 7.12. The number of anilines is 2. The van der Waals surface area contributed by atoms with Crippen LogP contribution in [0.25, 0.3) is 22.5 Å². The van der Waals surface area contributed by atoms with E-state index < -0.39 is 0 Å². The van der Waals surface area contributed by atoms with E-state index in [1.165, 1.54) is 0 Å². The number of aryl methyl sites for hydroxylation is 1. The molecule has 0 saturated heterocycles. The molecule has 0 spiro atoms. The molecule has 0 aliphatic carbocycles. The van der Waals surface area contributed by atoms with Crippen molar-refractivity contribution in [1.29, 1.82) is 0 Å². The Labute approximate surface area is 173 Å². The number of hydrogen-bond acceptors (Lipinski definition) is 6. The van der Waals surface area contributed by atoms with Gasteiger partial charge in [-0.05, 0) is 13.0 Å². The summed E-state index contributed by atoms with van der Waals surface area (Å²) in [7, 11) is 0. The minimum absolute atomic E-state index is 0.0712. The van der Waals surface area contributed by atoms with Gasteiger partial charge in [0.15, 0.2) is 0 Å². The maximum Gasteiger partial charge on any atom is 0.228 e. The molecular formula is C23H19N5O2. The molecule has 1 aliphatic rings. The highest BCUT2D eigenvalue weighted by molar-refractivity contribution is 5.99. The number of amides is 1. The largest absolute Gasteiger partial charge is 0.361 e. The summed E-state index contributed by atoms with van der Waals surface area (Å²) in [4.78, 5) is 21.3. The molecule has 0 saturated carbocycles. The van der Waals surface area contributed by atoms with Crippen molar-refractivity contribution in [2.24, 2.45) is 0 Å². The first kappa shape index (κ1) is 18.1. The lowest BCUT2D eigenvalue weighted by molar-refractivity contribution is -0.115. The van der Waals surface area contributed by atoms with Gasteiger partial charge in [-0.25, -0.2) is 9.97 Å². The third-order valence-corrected chi connectivity index (χ3v) is 5.13. The molecule has 0 fully saturated rings. The minimum Gasteiger partial charge on any atom is -0.361 e. The van der Waals surface area contributed by atoms with Crippen molar-refractivity contribution in [2.45, 2.75) is 19.9 Å². The highest BCUT2D eigenvalue weighted by atomic mass is 16.5. The topological polar surface area (TPSA) is 92.9 Å². The number of nitrogens with one attached hydrogen (secondary N) is 2. The van der Waals surface area contributed by atoms with Crippen LogP contribution in [0.3, 0.4) is 0 Å². The van der Waals surface area contributed by atoms with E-state index in [-0.39, 0.29) is 12.3 Å². The summed E-state index contributed by atoms with van der Waals surface area (Å²) < 4.78 is 5.43. The molecular weight excluding hydrogens is 378 g/mol. The molecule has 2 aromatic carbocycles. The van der Waals surface area contributed by atoms with E-state index in [9.17, 15) is 4.79 Å². The summed E-state index contributed by atoms with van der Waals surface area (Å²) in [6.45, 7) is 2.36. The Morgan fingerprint density at radius 1 is 1.07 bits per heavy atom. The van der Waals surface area contributed by atoms with Crippen molar-refractivity contribution in [3.8, 4) is 22.5 Å². The Hall–Kier alpha value is -4.00. The lowest BCUT2D eigenvalue weighted by Gasteiger charge is -2.10. The van der Waals surface area contributed by atoms with E-state index in [4.69, 9.17) is 9.51 Å². The summed E-state index contributed by atoms with van der Waals surface area (Å²) in [6.07, 6.45) is 1.96. The van der Waals surface area contributed by atoms with E-state index >= 15 is 0 Å². The van der Waals surface area contributed by atoms with Crippen LogP contribution in [0.15, 0.2) is 65.3 Å². The number of carbonyl (C=O) groups excluding carboxylic acids is 1. The second kappa shape index (κ2) is 7.44. The maximum absolute atomic E-state index is 12.2. The highest BCUT2D eigenvalue weighted by Crippen LogP contribution is 2.32. The Morgan fingerprint density at radius 3 is 2.73 bits per heavy atom. The smallest absolute Gasteiger partial charge is 0.228 e. The molecule has 3 heterocycles. The van der Waals surface area contributed by atoms with E-state index in [0.717, 1.165) is 45.1 Å². The predicted molar refractivity (Wildman–Crippen MR) is 114 cm³/mol. The number of para-hydroxylation sites is 1. The minimum atomic E-state index is -0.0712. The third kappa shape index (κ3) is 3.30. The molecule has 2 N–H and O–H groups in total. The fourth-order valence-electron chi connectivity index (χ4n) is 3.61. The third-order valence-electron chi connectivity index (χ3n) is 5.13. The van der Waals surface area contributed by atoms with Crippen LogP contribution in [0.2, 0.25) is 0 Å². The van der Waals surface area contributed by atoms with Gasteiger partial charge in [0.1, 0.15) is 11.5 Å². The fraction of sp³-hybridized carbons (Fsp3) is 0.130. The number of hydrogen-bond donors (Lipinski definition) is 2. The van der Waals surface area contributed by atoms with Crippen LogP contribution in [0.4, 0.5) is 11.6 Å². The summed E-state index contributed by atoms with van der Waals surface area (Å²) in [6, 6.07) is 17.6. The van der Waals surface area contributed by atoms with Crippen LogP contribution in [0.5, 0.6) is 0 Å². The highest BCUT2D eigenvalue weighted by Gasteiger charge is 2.21. The predicted octanol–water partition coefficient (Wildman–Crippen LogP) is 4.21. The molecule has 7 nitrogen and oxygen atoms in total. The van der Waals surface area contributed by atoms with Gasteiger partial charge < -0.3 is 15.2 Å². The number of fused-ring (bicyclic) bond motifs is 3. The molecule has 7 heteroatoms. The van der Waals surface area contributed by atoms with Gasteiger partial charge in [-0.1, -0.05) is 53.7 Å². The van der Waals surface area contributed by atoms with Crippen LogP contribution >= 0.6 is 0 Å². The van der Waals surface area contributed by atoms with Gasteiger partial charge in [-0.15, -0.1) is 0 Å². The van der Waals surface area contributed by atoms with E-state index in [0.29, 0.717) is 12.5 Å². The van der Waals surface area contributed by atoms with Crippen LogP contribution in [0, 0.1) is 6.92 Å². The maximum atomic E-state index is 12.2. The number of aromatic nitrogens is 3. The van der Waals surface area contributed by atoms with Gasteiger partial charge in [0.25, 0.3) is 0 Å². The molecule has 0 bridgehead atoms. The van der Waals surface area contributed by atoms with Crippen LogP contribution in [0.1, 0.15) is 16.9 Å². The second-order valence-corrected chi connectivity index (χ2v) is 7.12. The number of benzene rings is 2. The van der Waals surface area contributed by atoms with Gasteiger partial charge in [0.2, 0.25) is 11.9 Å². The summed E-state index contributed by atoms with van der Waals surface area (Å²) in [5.74, 6) is 1.16. The molecule has 0 radical (unpaired) electrons. The fourth-order valence-corrected chi connectivity index (χ4v) is 3.61. The molecule has 2 aromatic heterocycles. The summed E-state index contributed by atoms with van der Waals surface area (Å²) in [5, 5.41) is 10.4. The standard InChI is InChI=1S/C23H19N5O2/c1-14-18(22(28-30-14)15-7-3-2-4-8-15)13-25-23-24-12-16-11-20(29)26-19-10-6-5-9-17(19)21(16)27-23/h2-10,12H,11,13H2,1H3,(H,26,29)(H,24,25,27). The zero-order valence-electron chi connectivity index (χ0n) is 16.3. The molecule has 5 rings (SSSR count). The van der Waals surface area contributed by atoms with Gasteiger partial charge in [-0.2, -0.15) is 0 Å². The molecule has 1 aliphatic heterocycles. The van der Waals surface area contributed by atoms with Crippen LogP contribution in [-0.2, 0) is 17.8 Å². The van der Waals surface area contributed by atoms with Crippen LogP contribution in [-0.4, -0.2) is 21.0 Å². The van der Waals surface area contributed by atoms with Crippen molar-refractivity contribution in [1.82, 2.24) is 15.1 Å². The molecule has 0 unspecified atom stereocenters. The van der Waals surface area contributed by atoms with E-state index in [2.05, 4.69) is 20.8 Å². The number of nitrogens with zero attached hydrogens (tertiary/aromatic N) is 3. The zero-order valence-corrected chi connectivity index (χ0v) is 16.3. The quantitative estimate of drug-likeness (QED) is 0.536. The van der Waals surface area contributed by atoms with Gasteiger partial charge >= 0.3 is 0 Å². The van der Waals surface area contributed by atoms with Crippen molar-refractivity contribution in [3.05, 3.63) is 77.7 Å². The van der Waals surface area contributed by atoms with E-state index in [1.54, 1.807) is 6.20 Å². The number of carbonyl (C=O) groups is 1. The van der Waals surface area contributed by atoms with Gasteiger partial charge in [-0.3, -0.25) is 4.79 Å². The average Bonchev–Trinajstić information content (AvgIpc) is 3.07. The molecule has 30 heavy (non-hydrogen) atoms. The van der Waals surface area contributed by atoms with Crippen molar-refractivity contribution in [2.75, 3.05) is 10.6 Å². The molecule has 148 valence electrons. The lowest BCUT2D eigenvalue weighted by Crippen LogP contribution is -2.13. The Morgan fingerprint density at radius 2 is 1.87 bits per heavy atom. The Balaban J connectivity index is 1.46. The monoisotopic (exact) mass is 397 g/mol. The summed E-state index contributed by atoms with van der Waals surface area (Å²) in [5.41, 5.74) is 5.95. The van der Waals surface area contributed by atoms with Gasteiger partial charge in [0, 0.05) is 35.0 Å². The molecule has 1 amide bonds. The molecule has 4 aromatic rings. The first-order chi connectivity index (χ1) is 14.7. The van der Waals surface area contributed by atoms with Crippen molar-refractivity contribution >= 4 is 17.5 Å². The normalized spacial score (nSPS) is 12.5. The lowest BCUT2D eigenvalue weighted by atomic mass is 10.1. The van der Waals surface area contributed by atoms with Crippen LogP contribution < -0.4 is 10.6 Å². The Kier molecular flexibility index (Phi) is 4.48. The number of rotatable bonds is 4.